The van der Waals surface area contributed by atoms with Crippen LogP contribution in [0.25, 0.3) is 11.3 Å². The molecule has 3 aromatic rings. The van der Waals surface area contributed by atoms with Gasteiger partial charge in [0.1, 0.15) is 5.82 Å². The van der Waals surface area contributed by atoms with Crippen LogP contribution in [0.3, 0.4) is 0 Å². The maximum atomic E-state index is 12.9. The molecule has 2 fully saturated rings. The largest absolute Gasteiger partial charge is 0.340 e. The number of piperidine rings is 1. The molecule has 1 N–H and O–H groups in total. The molecule has 1 saturated carbocycles. The van der Waals surface area contributed by atoms with Crippen molar-refractivity contribution in [1.29, 1.82) is 0 Å². The quantitative estimate of drug-likeness (QED) is 0.671. The van der Waals surface area contributed by atoms with Crippen LogP contribution in [-0.4, -0.2) is 32.3 Å². The Morgan fingerprint density at radius 2 is 1.87 bits per heavy atom. The van der Waals surface area contributed by atoms with Crippen molar-refractivity contribution in [3.05, 3.63) is 66.7 Å². The number of carbonyl (C=O) groups is 1. The average molecular weight is 399 g/mol. The Morgan fingerprint density at radius 3 is 2.63 bits per heavy atom. The molecule has 0 unspecified atom stereocenters. The number of amides is 1. The van der Waals surface area contributed by atoms with Crippen LogP contribution in [-0.2, 0) is 4.79 Å². The Hall–Kier alpha value is -3.28. The van der Waals surface area contributed by atoms with Gasteiger partial charge in [-0.25, -0.2) is 9.97 Å². The highest BCUT2D eigenvalue weighted by Crippen LogP contribution is 2.38. The summed E-state index contributed by atoms with van der Waals surface area (Å²) < 4.78 is 0. The maximum absolute atomic E-state index is 12.9. The maximum Gasteiger partial charge on any atom is 0.226 e. The highest BCUT2D eigenvalue weighted by atomic mass is 16.2. The number of pyridine rings is 1. The first-order chi connectivity index (χ1) is 14.8. The summed E-state index contributed by atoms with van der Waals surface area (Å²) in [7, 11) is 0. The fourth-order valence-electron chi connectivity index (χ4n) is 4.04. The fourth-order valence-corrected chi connectivity index (χ4v) is 4.04. The van der Waals surface area contributed by atoms with Crippen molar-refractivity contribution >= 4 is 17.4 Å². The molecule has 1 atom stereocenters. The highest BCUT2D eigenvalue weighted by Gasteiger charge is 2.38. The summed E-state index contributed by atoms with van der Waals surface area (Å²) in [6.45, 7) is 0.794. The summed E-state index contributed by atoms with van der Waals surface area (Å²) in [5.74, 6) is 1.92. The molecular weight excluding hydrogens is 374 g/mol. The number of anilines is 2. The summed E-state index contributed by atoms with van der Waals surface area (Å²) in [5.41, 5.74) is 2.72. The molecule has 152 valence electrons. The van der Waals surface area contributed by atoms with Crippen molar-refractivity contribution in [2.24, 2.45) is 5.92 Å². The number of hydrogen-bond acceptors (Lipinski definition) is 5. The van der Waals surface area contributed by atoms with E-state index in [1.807, 2.05) is 59.6 Å². The number of hydrogen-bond donors (Lipinski definition) is 1. The van der Waals surface area contributed by atoms with Crippen LogP contribution < -0.4 is 5.32 Å². The second-order valence-electron chi connectivity index (χ2n) is 8.05. The number of likely N-dealkylation sites (tertiary alicyclic amines) is 1. The van der Waals surface area contributed by atoms with Crippen molar-refractivity contribution in [3.63, 3.8) is 0 Å². The molecular formula is C24H25N5O. The molecule has 30 heavy (non-hydrogen) atoms. The molecule has 6 heteroatoms. The molecule has 1 aliphatic carbocycles. The number of carbonyl (C=O) groups excluding carboxylic acids is 1. The van der Waals surface area contributed by atoms with Gasteiger partial charge in [0.2, 0.25) is 5.91 Å². The van der Waals surface area contributed by atoms with Crippen LogP contribution in [0.1, 0.15) is 44.0 Å². The average Bonchev–Trinajstić information content (AvgIpc) is 3.65. The molecule has 2 aromatic heterocycles. The first-order valence-electron chi connectivity index (χ1n) is 10.7. The molecule has 0 spiro atoms. The minimum atomic E-state index is -0.0696. The summed E-state index contributed by atoms with van der Waals surface area (Å²) in [4.78, 5) is 28.9. The second kappa shape index (κ2) is 8.22. The number of nitrogens with one attached hydrogen (secondary N) is 1. The minimum absolute atomic E-state index is 0.0696. The first-order valence-corrected chi connectivity index (χ1v) is 10.7. The van der Waals surface area contributed by atoms with Gasteiger partial charge in [0.15, 0.2) is 5.82 Å². The van der Waals surface area contributed by atoms with Crippen molar-refractivity contribution in [3.8, 4) is 11.3 Å². The third-order valence-corrected chi connectivity index (χ3v) is 5.76. The topological polar surface area (TPSA) is 71.0 Å². The molecule has 5 rings (SSSR count). The third-order valence-electron chi connectivity index (χ3n) is 5.76. The molecule has 0 radical (unpaired) electrons. The molecule has 0 bridgehead atoms. The molecule has 6 nitrogen and oxygen atoms in total. The Labute approximate surface area is 176 Å². The van der Waals surface area contributed by atoms with E-state index in [-0.39, 0.29) is 17.9 Å². The van der Waals surface area contributed by atoms with Gasteiger partial charge in [-0.15, -0.1) is 0 Å². The van der Waals surface area contributed by atoms with E-state index in [1.165, 1.54) is 0 Å². The van der Waals surface area contributed by atoms with Gasteiger partial charge in [-0.05, 0) is 56.4 Å². The van der Waals surface area contributed by atoms with E-state index in [4.69, 9.17) is 9.97 Å². The summed E-state index contributed by atoms with van der Waals surface area (Å²) in [5, 5.41) is 3.40. The van der Waals surface area contributed by atoms with E-state index in [0.717, 1.165) is 61.4 Å². The van der Waals surface area contributed by atoms with Gasteiger partial charge in [-0.3, -0.25) is 9.78 Å². The van der Waals surface area contributed by atoms with E-state index in [9.17, 15) is 4.79 Å². The lowest BCUT2D eigenvalue weighted by Crippen LogP contribution is -2.40. The fraction of sp³-hybridized carbons (Fsp3) is 0.333. The summed E-state index contributed by atoms with van der Waals surface area (Å²) in [6.07, 6.45) is 8.63. The molecule has 2 aliphatic rings. The van der Waals surface area contributed by atoms with Gasteiger partial charge in [-0.2, -0.15) is 0 Å². The summed E-state index contributed by atoms with van der Waals surface area (Å²) >= 11 is 0. The molecule has 1 amide bonds. The number of nitrogens with zero attached hydrogens (tertiary/aromatic N) is 4. The number of rotatable bonds is 5. The lowest BCUT2D eigenvalue weighted by atomic mass is 10.00. The van der Waals surface area contributed by atoms with Gasteiger partial charge < -0.3 is 10.2 Å². The zero-order valence-electron chi connectivity index (χ0n) is 16.9. The van der Waals surface area contributed by atoms with Crippen molar-refractivity contribution < 1.29 is 4.79 Å². The zero-order valence-corrected chi connectivity index (χ0v) is 16.9. The Morgan fingerprint density at radius 1 is 1.00 bits per heavy atom. The Bertz CT molecular complexity index is 1020. The molecule has 1 aromatic carbocycles. The lowest BCUT2D eigenvalue weighted by Gasteiger charge is -2.35. The van der Waals surface area contributed by atoms with Crippen LogP contribution in [0, 0.1) is 5.92 Å². The number of benzene rings is 1. The van der Waals surface area contributed by atoms with Crippen molar-refractivity contribution in [2.45, 2.75) is 38.1 Å². The predicted octanol–water partition coefficient (Wildman–Crippen LogP) is 4.75. The van der Waals surface area contributed by atoms with Crippen LogP contribution in [0.15, 0.2) is 60.9 Å². The summed E-state index contributed by atoms with van der Waals surface area (Å²) in [6, 6.07) is 15.8. The second-order valence-corrected chi connectivity index (χ2v) is 8.05. The van der Waals surface area contributed by atoms with Crippen molar-refractivity contribution in [1.82, 2.24) is 19.9 Å². The van der Waals surface area contributed by atoms with Gasteiger partial charge in [0.05, 0.1) is 11.7 Å². The van der Waals surface area contributed by atoms with Gasteiger partial charge >= 0.3 is 0 Å². The smallest absolute Gasteiger partial charge is 0.226 e. The predicted molar refractivity (Wildman–Crippen MR) is 116 cm³/mol. The van der Waals surface area contributed by atoms with E-state index in [1.54, 1.807) is 6.20 Å². The number of aromatic nitrogens is 3. The third kappa shape index (κ3) is 4.03. The minimum Gasteiger partial charge on any atom is -0.340 e. The number of para-hydroxylation sites is 1. The van der Waals surface area contributed by atoms with Gasteiger partial charge in [-0.1, -0.05) is 18.2 Å². The first kappa shape index (κ1) is 18.7. The zero-order chi connectivity index (χ0) is 20.3. The van der Waals surface area contributed by atoms with E-state index in [0.29, 0.717) is 5.82 Å². The van der Waals surface area contributed by atoms with Gasteiger partial charge in [0, 0.05) is 42.2 Å². The van der Waals surface area contributed by atoms with Gasteiger partial charge in [0.25, 0.3) is 0 Å². The van der Waals surface area contributed by atoms with Crippen molar-refractivity contribution in [2.75, 3.05) is 11.9 Å². The molecule has 3 heterocycles. The van der Waals surface area contributed by atoms with E-state index in [2.05, 4.69) is 10.3 Å². The highest BCUT2D eigenvalue weighted by molar-refractivity contribution is 5.81. The monoisotopic (exact) mass is 399 g/mol. The van der Waals surface area contributed by atoms with Crippen LogP contribution >= 0.6 is 0 Å². The molecule has 1 aliphatic heterocycles. The SMILES string of the molecule is O=C(C1CC1)N1CCCC[C@@H]1c1nc(Nc2ccccc2)cc(-c2cccnc2)n1. The lowest BCUT2D eigenvalue weighted by molar-refractivity contribution is -0.136. The Kier molecular flexibility index (Phi) is 5.13. The standard InChI is InChI=1S/C24H25N5O/c30-24(17-11-12-17)29-14-5-4-10-21(29)23-27-20(18-7-6-13-25-16-18)15-22(28-23)26-19-8-2-1-3-9-19/h1-3,6-9,13,15-17,21H,4-5,10-12,14H2,(H,26,27,28)/t21-/m1/s1. The molecule has 1 saturated heterocycles. The Balaban J connectivity index is 1.54. The van der Waals surface area contributed by atoms with Crippen LogP contribution in [0.2, 0.25) is 0 Å². The normalized spacial score (nSPS) is 18.8. The van der Waals surface area contributed by atoms with E-state index >= 15 is 0 Å². The van der Waals surface area contributed by atoms with Crippen LogP contribution in [0.5, 0.6) is 0 Å². The van der Waals surface area contributed by atoms with E-state index < -0.39 is 0 Å². The van der Waals surface area contributed by atoms with Crippen LogP contribution in [0.4, 0.5) is 11.5 Å².